The standard InChI is InChI=1S/C7H5F3INO/c8-7(9,10)13-4-1-2-6(12)5(11)3-4/h1-3H,12H2. The van der Waals surface area contributed by atoms with E-state index < -0.39 is 6.36 Å². The molecule has 0 atom stereocenters. The molecule has 0 aliphatic rings. The summed E-state index contributed by atoms with van der Waals surface area (Å²) in [4.78, 5) is 0. The third-order valence-electron chi connectivity index (χ3n) is 1.21. The summed E-state index contributed by atoms with van der Waals surface area (Å²) in [6.45, 7) is 0. The van der Waals surface area contributed by atoms with E-state index in [2.05, 4.69) is 4.74 Å². The molecule has 6 heteroatoms. The van der Waals surface area contributed by atoms with Crippen LogP contribution in [0.15, 0.2) is 18.2 Å². The summed E-state index contributed by atoms with van der Waals surface area (Å²) in [6, 6.07) is 3.76. The van der Waals surface area contributed by atoms with Crippen molar-refractivity contribution in [1.29, 1.82) is 0 Å². The van der Waals surface area contributed by atoms with Gasteiger partial charge in [0, 0.05) is 9.26 Å². The first-order valence-corrected chi connectivity index (χ1v) is 4.27. The van der Waals surface area contributed by atoms with Gasteiger partial charge in [0.05, 0.1) is 0 Å². The molecule has 0 saturated carbocycles. The van der Waals surface area contributed by atoms with E-state index in [1.54, 1.807) is 0 Å². The van der Waals surface area contributed by atoms with E-state index in [-0.39, 0.29) is 5.75 Å². The molecule has 0 aromatic heterocycles. The first kappa shape index (κ1) is 10.4. The summed E-state index contributed by atoms with van der Waals surface area (Å²) < 4.78 is 39.4. The predicted octanol–water partition coefficient (Wildman–Crippen LogP) is 2.77. The second-order valence-corrected chi connectivity index (χ2v) is 3.39. The fourth-order valence-corrected chi connectivity index (χ4v) is 1.19. The predicted molar refractivity (Wildman–Crippen MR) is 50.3 cm³/mol. The van der Waals surface area contributed by atoms with Crippen molar-refractivity contribution < 1.29 is 17.9 Å². The van der Waals surface area contributed by atoms with Crippen LogP contribution in [-0.2, 0) is 0 Å². The van der Waals surface area contributed by atoms with Gasteiger partial charge >= 0.3 is 6.36 Å². The minimum Gasteiger partial charge on any atom is -0.406 e. The van der Waals surface area contributed by atoms with Crippen molar-refractivity contribution in [1.82, 2.24) is 0 Å². The Bertz CT molecular complexity index is 313. The number of rotatable bonds is 1. The maximum atomic E-state index is 11.7. The molecule has 0 heterocycles. The van der Waals surface area contributed by atoms with Gasteiger partial charge in [-0.15, -0.1) is 13.2 Å². The summed E-state index contributed by atoms with van der Waals surface area (Å²) in [5.41, 5.74) is 5.83. The summed E-state index contributed by atoms with van der Waals surface area (Å²) in [6.07, 6.45) is -4.65. The van der Waals surface area contributed by atoms with E-state index in [1.165, 1.54) is 18.2 Å². The smallest absolute Gasteiger partial charge is 0.406 e. The number of halogens is 4. The fraction of sp³-hybridized carbons (Fsp3) is 0.143. The molecule has 0 fully saturated rings. The Balaban J connectivity index is 2.86. The minimum atomic E-state index is -4.65. The number of nitrogen functional groups attached to an aromatic ring is 1. The van der Waals surface area contributed by atoms with Crippen LogP contribution in [0.3, 0.4) is 0 Å². The van der Waals surface area contributed by atoms with Gasteiger partial charge in [-0.1, -0.05) is 0 Å². The zero-order valence-electron chi connectivity index (χ0n) is 6.23. The minimum absolute atomic E-state index is 0.258. The van der Waals surface area contributed by atoms with Gasteiger partial charge in [0.1, 0.15) is 5.75 Å². The third-order valence-corrected chi connectivity index (χ3v) is 2.14. The maximum Gasteiger partial charge on any atom is 0.573 e. The second-order valence-electron chi connectivity index (χ2n) is 2.23. The number of nitrogens with two attached hydrogens (primary N) is 1. The molecule has 0 aliphatic heterocycles. The lowest BCUT2D eigenvalue weighted by Crippen LogP contribution is -2.17. The Morgan fingerprint density at radius 3 is 2.38 bits per heavy atom. The summed E-state index contributed by atoms with van der Waals surface area (Å²) in [5.74, 6) is -0.258. The number of benzene rings is 1. The van der Waals surface area contributed by atoms with Crippen molar-refractivity contribution in [2.75, 3.05) is 5.73 Å². The number of anilines is 1. The normalized spacial score (nSPS) is 11.4. The highest BCUT2D eigenvalue weighted by Crippen LogP contribution is 2.26. The highest BCUT2D eigenvalue weighted by atomic mass is 127. The number of ether oxygens (including phenoxy) is 1. The van der Waals surface area contributed by atoms with E-state index >= 15 is 0 Å². The lowest BCUT2D eigenvalue weighted by atomic mass is 10.3. The maximum absolute atomic E-state index is 11.7. The van der Waals surface area contributed by atoms with Crippen LogP contribution < -0.4 is 10.5 Å². The molecule has 0 amide bonds. The molecule has 72 valence electrons. The molecule has 0 bridgehead atoms. The Labute approximate surface area is 86.0 Å². The first-order chi connectivity index (χ1) is 5.88. The van der Waals surface area contributed by atoms with Crippen molar-refractivity contribution in [2.45, 2.75) is 6.36 Å². The van der Waals surface area contributed by atoms with Crippen molar-refractivity contribution >= 4 is 28.3 Å². The van der Waals surface area contributed by atoms with Gasteiger partial charge in [0.2, 0.25) is 0 Å². The van der Waals surface area contributed by atoms with Gasteiger partial charge in [-0.2, -0.15) is 0 Å². The summed E-state index contributed by atoms with van der Waals surface area (Å²) in [5, 5.41) is 0. The molecule has 2 N–H and O–H groups in total. The number of alkyl halides is 3. The van der Waals surface area contributed by atoms with Crippen LogP contribution in [0.4, 0.5) is 18.9 Å². The van der Waals surface area contributed by atoms with E-state index in [0.717, 1.165) is 0 Å². The lowest BCUT2D eigenvalue weighted by Gasteiger charge is -2.09. The quantitative estimate of drug-likeness (QED) is 0.639. The topological polar surface area (TPSA) is 35.2 Å². The zero-order valence-corrected chi connectivity index (χ0v) is 8.39. The van der Waals surface area contributed by atoms with Crippen LogP contribution >= 0.6 is 22.6 Å². The van der Waals surface area contributed by atoms with Gasteiger partial charge in [-0.25, -0.2) is 0 Å². The van der Waals surface area contributed by atoms with E-state index in [4.69, 9.17) is 5.73 Å². The highest BCUT2D eigenvalue weighted by Gasteiger charge is 2.31. The van der Waals surface area contributed by atoms with Crippen LogP contribution in [0, 0.1) is 3.57 Å². The fourth-order valence-electron chi connectivity index (χ4n) is 0.705. The van der Waals surface area contributed by atoms with Gasteiger partial charge in [-0.3, -0.25) is 0 Å². The monoisotopic (exact) mass is 303 g/mol. The van der Waals surface area contributed by atoms with Gasteiger partial charge in [0.15, 0.2) is 0 Å². The van der Waals surface area contributed by atoms with Gasteiger partial charge in [-0.05, 0) is 40.8 Å². The second kappa shape index (κ2) is 3.60. The molecule has 0 aliphatic carbocycles. The Morgan fingerprint density at radius 2 is 1.92 bits per heavy atom. The van der Waals surface area contributed by atoms with E-state index in [9.17, 15) is 13.2 Å². The summed E-state index contributed by atoms with van der Waals surface area (Å²) in [7, 11) is 0. The van der Waals surface area contributed by atoms with Crippen molar-refractivity contribution in [3.63, 3.8) is 0 Å². The molecule has 0 spiro atoms. The highest BCUT2D eigenvalue weighted by molar-refractivity contribution is 14.1. The molecule has 2 nitrogen and oxygen atoms in total. The molecule has 1 aromatic carbocycles. The van der Waals surface area contributed by atoms with E-state index in [1.807, 2.05) is 22.6 Å². The zero-order chi connectivity index (χ0) is 10.1. The van der Waals surface area contributed by atoms with Crippen LogP contribution in [0.1, 0.15) is 0 Å². The number of hydrogen-bond acceptors (Lipinski definition) is 2. The SMILES string of the molecule is Nc1ccc(OC(F)(F)F)cc1I. The molecule has 0 unspecified atom stereocenters. The van der Waals surface area contributed by atoms with Crippen LogP contribution in [-0.4, -0.2) is 6.36 Å². The van der Waals surface area contributed by atoms with Gasteiger partial charge in [0.25, 0.3) is 0 Å². The Hall–Kier alpha value is -0.660. The molecule has 13 heavy (non-hydrogen) atoms. The van der Waals surface area contributed by atoms with Gasteiger partial charge < -0.3 is 10.5 Å². The average molecular weight is 303 g/mol. The Kier molecular flexibility index (Phi) is 2.89. The van der Waals surface area contributed by atoms with Crippen molar-refractivity contribution in [3.05, 3.63) is 21.8 Å². The molecule has 0 saturated heterocycles. The van der Waals surface area contributed by atoms with Crippen molar-refractivity contribution in [2.24, 2.45) is 0 Å². The molecule has 1 aromatic rings. The van der Waals surface area contributed by atoms with Crippen LogP contribution in [0.25, 0.3) is 0 Å². The van der Waals surface area contributed by atoms with Crippen LogP contribution in [0.5, 0.6) is 5.75 Å². The summed E-state index contributed by atoms with van der Waals surface area (Å²) >= 11 is 1.83. The van der Waals surface area contributed by atoms with Crippen LogP contribution in [0.2, 0.25) is 0 Å². The number of hydrogen-bond donors (Lipinski definition) is 1. The largest absolute Gasteiger partial charge is 0.573 e. The molecule has 1 rings (SSSR count). The lowest BCUT2D eigenvalue weighted by molar-refractivity contribution is -0.274. The third kappa shape index (κ3) is 3.29. The average Bonchev–Trinajstić information content (AvgIpc) is 1.94. The molecule has 0 radical (unpaired) electrons. The van der Waals surface area contributed by atoms with E-state index in [0.29, 0.717) is 9.26 Å². The Morgan fingerprint density at radius 1 is 1.31 bits per heavy atom. The first-order valence-electron chi connectivity index (χ1n) is 3.19. The molecular weight excluding hydrogens is 298 g/mol. The van der Waals surface area contributed by atoms with Crippen molar-refractivity contribution in [3.8, 4) is 5.75 Å². The molecular formula is C7H5F3INO.